The summed E-state index contributed by atoms with van der Waals surface area (Å²) in [5.41, 5.74) is 8.70. The third-order valence-electron chi connectivity index (χ3n) is 3.97. The van der Waals surface area contributed by atoms with Gasteiger partial charge in [0.2, 0.25) is 0 Å². The fourth-order valence-corrected chi connectivity index (χ4v) is 2.90. The van der Waals surface area contributed by atoms with Crippen molar-refractivity contribution in [2.75, 3.05) is 18.8 Å². The molecule has 0 amide bonds. The largest absolute Gasteiger partial charge is 0.485 e. The molecule has 4 heterocycles. The first-order valence-corrected chi connectivity index (χ1v) is 7.35. The average Bonchev–Trinajstić information content (AvgIpc) is 3.19. The van der Waals surface area contributed by atoms with Gasteiger partial charge in [0.25, 0.3) is 0 Å². The Morgan fingerprint density at radius 2 is 2.32 bits per heavy atom. The zero-order valence-corrected chi connectivity index (χ0v) is 12.4. The lowest BCUT2D eigenvalue weighted by atomic mass is 10.1. The van der Waals surface area contributed by atoms with E-state index in [-0.39, 0.29) is 6.10 Å². The fraction of sp³-hybridized carbons (Fsp3) is 0.333. The molecule has 7 nitrogen and oxygen atoms in total. The maximum atomic E-state index is 6.11. The van der Waals surface area contributed by atoms with Crippen molar-refractivity contribution < 1.29 is 4.74 Å². The Hall–Kier alpha value is -2.54. The minimum absolute atomic E-state index is 0.206. The highest BCUT2D eigenvalue weighted by Gasteiger charge is 2.20. The van der Waals surface area contributed by atoms with Gasteiger partial charge in [-0.1, -0.05) is 0 Å². The van der Waals surface area contributed by atoms with Gasteiger partial charge >= 0.3 is 0 Å². The van der Waals surface area contributed by atoms with Crippen molar-refractivity contribution >= 4 is 11.3 Å². The summed E-state index contributed by atoms with van der Waals surface area (Å²) < 4.78 is 9.70. The number of nitrogen functional groups attached to an aromatic ring is 1. The molecule has 0 bridgehead atoms. The minimum atomic E-state index is 0.206. The van der Waals surface area contributed by atoms with Gasteiger partial charge in [0, 0.05) is 31.4 Å². The molecule has 1 aliphatic rings. The van der Waals surface area contributed by atoms with Crippen molar-refractivity contribution in [3.63, 3.8) is 0 Å². The molecule has 1 saturated heterocycles. The van der Waals surface area contributed by atoms with Crippen LogP contribution in [0, 0.1) is 0 Å². The van der Waals surface area contributed by atoms with Crippen LogP contribution in [0.1, 0.15) is 6.42 Å². The molecule has 1 fully saturated rings. The first-order valence-electron chi connectivity index (χ1n) is 7.35. The van der Waals surface area contributed by atoms with Gasteiger partial charge in [-0.25, -0.2) is 4.52 Å². The molecular formula is C15H18N6O. The van der Waals surface area contributed by atoms with Gasteiger partial charge in [0.05, 0.1) is 11.7 Å². The standard InChI is InChI=1S/C15H18N6O/c1-20-15(13(9-18-20)22-12-2-4-17-8-12)10-3-5-21-11(6-10)7-14(16)19-21/h3,5-7,9,12,17H,2,4,8H2,1H3,(H2,16,19). The van der Waals surface area contributed by atoms with Crippen LogP contribution < -0.4 is 15.8 Å². The van der Waals surface area contributed by atoms with Crippen molar-refractivity contribution in [1.82, 2.24) is 24.7 Å². The number of hydrogen-bond acceptors (Lipinski definition) is 5. The summed E-state index contributed by atoms with van der Waals surface area (Å²) in [6.07, 6.45) is 4.90. The SMILES string of the molecule is Cn1ncc(OC2CCNC2)c1-c1ccn2nc(N)cc2c1. The lowest BCUT2D eigenvalue weighted by molar-refractivity contribution is 0.224. The highest BCUT2D eigenvalue weighted by atomic mass is 16.5. The van der Waals surface area contributed by atoms with Gasteiger partial charge in [-0.2, -0.15) is 10.2 Å². The lowest BCUT2D eigenvalue weighted by Gasteiger charge is -2.13. The van der Waals surface area contributed by atoms with E-state index in [1.807, 2.05) is 36.1 Å². The Balaban J connectivity index is 1.74. The van der Waals surface area contributed by atoms with Crippen LogP contribution in [-0.4, -0.2) is 38.6 Å². The van der Waals surface area contributed by atoms with E-state index < -0.39 is 0 Å². The molecule has 7 heteroatoms. The van der Waals surface area contributed by atoms with E-state index in [0.717, 1.165) is 42.0 Å². The van der Waals surface area contributed by atoms with E-state index in [4.69, 9.17) is 10.5 Å². The second kappa shape index (κ2) is 5.03. The average molecular weight is 298 g/mol. The third-order valence-corrected chi connectivity index (χ3v) is 3.97. The van der Waals surface area contributed by atoms with Crippen LogP contribution in [0.5, 0.6) is 5.75 Å². The van der Waals surface area contributed by atoms with Crippen LogP contribution in [0.3, 0.4) is 0 Å². The number of ether oxygens (including phenoxy) is 1. The summed E-state index contributed by atoms with van der Waals surface area (Å²) in [4.78, 5) is 0. The van der Waals surface area contributed by atoms with Crippen LogP contribution in [0.2, 0.25) is 0 Å². The molecule has 1 atom stereocenters. The van der Waals surface area contributed by atoms with E-state index >= 15 is 0 Å². The number of fused-ring (bicyclic) bond motifs is 1. The van der Waals surface area contributed by atoms with Crippen LogP contribution in [-0.2, 0) is 7.05 Å². The minimum Gasteiger partial charge on any atom is -0.485 e. The monoisotopic (exact) mass is 298 g/mol. The van der Waals surface area contributed by atoms with E-state index in [2.05, 4.69) is 15.5 Å². The van der Waals surface area contributed by atoms with Crippen LogP contribution in [0.25, 0.3) is 16.8 Å². The number of aromatic nitrogens is 4. The van der Waals surface area contributed by atoms with E-state index in [0.29, 0.717) is 5.82 Å². The Labute approximate surface area is 127 Å². The zero-order chi connectivity index (χ0) is 15.1. The van der Waals surface area contributed by atoms with Crippen molar-refractivity contribution in [1.29, 1.82) is 0 Å². The molecule has 3 aromatic heterocycles. The molecule has 3 aromatic rings. The molecule has 3 N–H and O–H groups in total. The summed E-state index contributed by atoms with van der Waals surface area (Å²) in [6, 6.07) is 5.89. The summed E-state index contributed by atoms with van der Waals surface area (Å²) in [7, 11) is 1.92. The Kier molecular flexibility index (Phi) is 3.00. The lowest BCUT2D eigenvalue weighted by Crippen LogP contribution is -2.19. The number of aryl methyl sites for hydroxylation is 1. The number of nitrogens with zero attached hydrogens (tertiary/aromatic N) is 4. The first kappa shape index (κ1) is 13.1. The zero-order valence-electron chi connectivity index (χ0n) is 12.4. The topological polar surface area (TPSA) is 82.4 Å². The molecule has 1 aliphatic heterocycles. The summed E-state index contributed by atoms with van der Waals surface area (Å²) in [6.45, 7) is 1.88. The number of anilines is 1. The quantitative estimate of drug-likeness (QED) is 0.755. The predicted octanol–water partition coefficient (Wildman–Crippen LogP) is 1.06. The number of hydrogen-bond donors (Lipinski definition) is 2. The summed E-state index contributed by atoms with van der Waals surface area (Å²) >= 11 is 0. The normalized spacial score (nSPS) is 18.1. The summed E-state index contributed by atoms with van der Waals surface area (Å²) in [5.74, 6) is 1.32. The Morgan fingerprint density at radius 1 is 1.41 bits per heavy atom. The molecule has 0 saturated carbocycles. The van der Waals surface area contributed by atoms with E-state index in [1.165, 1.54) is 0 Å². The van der Waals surface area contributed by atoms with E-state index in [1.54, 1.807) is 10.7 Å². The molecule has 22 heavy (non-hydrogen) atoms. The molecule has 0 spiro atoms. The maximum Gasteiger partial charge on any atom is 0.165 e. The van der Waals surface area contributed by atoms with Crippen molar-refractivity contribution in [3.05, 3.63) is 30.6 Å². The molecule has 0 radical (unpaired) electrons. The Morgan fingerprint density at radius 3 is 3.14 bits per heavy atom. The highest BCUT2D eigenvalue weighted by molar-refractivity contribution is 5.71. The second-order valence-corrected chi connectivity index (χ2v) is 5.57. The summed E-state index contributed by atoms with van der Waals surface area (Å²) in [5, 5.41) is 11.8. The highest BCUT2D eigenvalue weighted by Crippen LogP contribution is 2.31. The van der Waals surface area contributed by atoms with Gasteiger partial charge in [0.15, 0.2) is 5.75 Å². The molecule has 0 aliphatic carbocycles. The predicted molar refractivity (Wildman–Crippen MR) is 83.7 cm³/mol. The maximum absolute atomic E-state index is 6.11. The molecular weight excluding hydrogens is 280 g/mol. The van der Waals surface area contributed by atoms with Crippen LogP contribution in [0.15, 0.2) is 30.6 Å². The molecule has 1 unspecified atom stereocenters. The van der Waals surface area contributed by atoms with E-state index in [9.17, 15) is 0 Å². The fourth-order valence-electron chi connectivity index (χ4n) is 2.90. The van der Waals surface area contributed by atoms with Gasteiger partial charge in [-0.3, -0.25) is 4.68 Å². The number of nitrogens with two attached hydrogens (primary N) is 1. The second-order valence-electron chi connectivity index (χ2n) is 5.57. The van der Waals surface area contributed by atoms with Crippen molar-refractivity contribution in [2.45, 2.75) is 12.5 Å². The molecule has 4 rings (SSSR count). The van der Waals surface area contributed by atoms with Crippen molar-refractivity contribution in [3.8, 4) is 17.0 Å². The third kappa shape index (κ3) is 2.19. The Bertz CT molecular complexity index is 815. The smallest absolute Gasteiger partial charge is 0.165 e. The number of nitrogens with one attached hydrogen (secondary N) is 1. The number of rotatable bonds is 3. The van der Waals surface area contributed by atoms with Crippen LogP contribution >= 0.6 is 0 Å². The van der Waals surface area contributed by atoms with Crippen molar-refractivity contribution in [2.24, 2.45) is 7.05 Å². The molecule has 114 valence electrons. The van der Waals surface area contributed by atoms with Gasteiger partial charge in [0.1, 0.15) is 17.6 Å². The molecule has 0 aromatic carbocycles. The first-order chi connectivity index (χ1) is 10.7. The van der Waals surface area contributed by atoms with Gasteiger partial charge in [-0.05, 0) is 25.1 Å². The van der Waals surface area contributed by atoms with Gasteiger partial charge < -0.3 is 15.8 Å². The van der Waals surface area contributed by atoms with Gasteiger partial charge in [-0.15, -0.1) is 0 Å². The van der Waals surface area contributed by atoms with Crippen LogP contribution in [0.4, 0.5) is 5.82 Å². The number of pyridine rings is 1.